The van der Waals surface area contributed by atoms with Crippen LogP contribution in [-0.4, -0.2) is 15.7 Å². The van der Waals surface area contributed by atoms with Gasteiger partial charge in [-0.1, -0.05) is 0 Å². The molecule has 1 heterocycles. The quantitative estimate of drug-likeness (QED) is 0.385. The van der Waals surface area contributed by atoms with Crippen LogP contribution < -0.4 is 4.74 Å². The summed E-state index contributed by atoms with van der Waals surface area (Å²) in [5, 5.41) is 19.8. The lowest BCUT2D eigenvalue weighted by Gasteiger charge is -2.06. The number of rotatable bonds is 5. The van der Waals surface area contributed by atoms with E-state index in [-0.39, 0.29) is 17.4 Å². The highest BCUT2D eigenvalue weighted by Crippen LogP contribution is 2.24. The van der Waals surface area contributed by atoms with Crippen molar-refractivity contribution in [2.24, 2.45) is 0 Å². The van der Waals surface area contributed by atoms with Crippen LogP contribution >= 0.6 is 0 Å². The first-order valence-corrected chi connectivity index (χ1v) is 7.61. The molecule has 0 aliphatic carbocycles. The summed E-state index contributed by atoms with van der Waals surface area (Å²) < 4.78 is 18.4. The van der Waals surface area contributed by atoms with Crippen LogP contribution in [0.5, 0.6) is 11.6 Å². The van der Waals surface area contributed by atoms with Crippen molar-refractivity contribution in [3.63, 3.8) is 0 Å². The van der Waals surface area contributed by atoms with Gasteiger partial charge in [0.05, 0.1) is 4.92 Å². The van der Waals surface area contributed by atoms with Crippen molar-refractivity contribution >= 4 is 11.5 Å². The Bertz CT molecular complexity index is 1060. The van der Waals surface area contributed by atoms with Crippen molar-refractivity contribution in [3.05, 3.63) is 93.4 Å². The lowest BCUT2D eigenvalue weighted by atomic mass is 10.0. The van der Waals surface area contributed by atoms with Crippen molar-refractivity contribution in [1.29, 1.82) is 5.26 Å². The minimum atomic E-state index is -0.703. The van der Waals surface area contributed by atoms with Gasteiger partial charge in [-0.3, -0.25) is 14.9 Å². The molecule has 27 heavy (non-hydrogen) atoms. The summed E-state index contributed by atoms with van der Waals surface area (Å²) in [5.41, 5.74) is -0.0465. The molecule has 0 saturated carbocycles. The molecule has 0 saturated heterocycles. The highest BCUT2D eigenvalue weighted by atomic mass is 19.1. The van der Waals surface area contributed by atoms with Crippen LogP contribution in [0, 0.1) is 27.3 Å². The van der Waals surface area contributed by atoms with E-state index in [4.69, 9.17) is 10.00 Å². The van der Waals surface area contributed by atoms with Gasteiger partial charge < -0.3 is 4.74 Å². The van der Waals surface area contributed by atoms with Crippen molar-refractivity contribution < 1.29 is 18.8 Å². The third-order valence-electron chi connectivity index (χ3n) is 3.60. The lowest BCUT2D eigenvalue weighted by Crippen LogP contribution is -2.01. The van der Waals surface area contributed by atoms with E-state index in [9.17, 15) is 19.3 Å². The third-order valence-corrected chi connectivity index (χ3v) is 3.60. The molecule has 0 spiro atoms. The maximum atomic E-state index is 12.9. The zero-order valence-corrected chi connectivity index (χ0v) is 13.6. The number of pyridine rings is 1. The van der Waals surface area contributed by atoms with Crippen LogP contribution in [0.2, 0.25) is 0 Å². The summed E-state index contributed by atoms with van der Waals surface area (Å²) in [5.74, 6) is -0.366. The van der Waals surface area contributed by atoms with E-state index in [1.807, 2.05) is 0 Å². The van der Waals surface area contributed by atoms with Crippen LogP contribution in [0.1, 0.15) is 21.6 Å². The van der Waals surface area contributed by atoms with Crippen LogP contribution in [0.15, 0.2) is 60.7 Å². The minimum absolute atomic E-state index is 0.00904. The third kappa shape index (κ3) is 3.93. The predicted molar refractivity (Wildman–Crippen MR) is 92.0 cm³/mol. The molecule has 2 aromatic carbocycles. The molecule has 7 nitrogen and oxygen atoms in total. The molecular weight excluding hydrogens is 353 g/mol. The molecule has 0 N–H and O–H groups in total. The Kier molecular flexibility index (Phi) is 4.86. The van der Waals surface area contributed by atoms with E-state index < -0.39 is 16.4 Å². The highest BCUT2D eigenvalue weighted by molar-refractivity contribution is 6.09. The zero-order valence-electron chi connectivity index (χ0n) is 13.6. The Morgan fingerprint density at radius 2 is 1.63 bits per heavy atom. The molecule has 0 amide bonds. The topological polar surface area (TPSA) is 106 Å². The second-order valence-electron chi connectivity index (χ2n) is 5.35. The molecule has 0 bridgehead atoms. The van der Waals surface area contributed by atoms with Crippen molar-refractivity contribution in [2.45, 2.75) is 0 Å². The van der Waals surface area contributed by atoms with Gasteiger partial charge in [0.25, 0.3) is 0 Å². The van der Waals surface area contributed by atoms with Gasteiger partial charge in [-0.15, -0.1) is 0 Å². The van der Waals surface area contributed by atoms with E-state index >= 15 is 0 Å². The number of ether oxygens (including phenoxy) is 1. The van der Waals surface area contributed by atoms with Gasteiger partial charge in [0.15, 0.2) is 5.78 Å². The Morgan fingerprint density at radius 3 is 2.19 bits per heavy atom. The SMILES string of the molecule is N#Cc1nc(Oc2ccc(C(=O)c3ccc(F)cc3)cc2)ccc1[N+](=O)[O-]. The molecule has 8 heteroatoms. The van der Waals surface area contributed by atoms with Gasteiger partial charge in [-0.05, 0) is 48.5 Å². The fraction of sp³-hybridized carbons (Fsp3) is 0. The van der Waals surface area contributed by atoms with Gasteiger partial charge in [0.2, 0.25) is 11.6 Å². The zero-order chi connectivity index (χ0) is 19.4. The molecule has 0 aliphatic heterocycles. The van der Waals surface area contributed by atoms with E-state index in [1.165, 1.54) is 54.6 Å². The maximum absolute atomic E-state index is 12.9. The number of ketones is 1. The van der Waals surface area contributed by atoms with Gasteiger partial charge >= 0.3 is 5.69 Å². The van der Waals surface area contributed by atoms with Gasteiger partial charge in [-0.25, -0.2) is 4.39 Å². The predicted octanol–water partition coefficient (Wildman–Crippen LogP) is 4.02. The molecular formula is C19H10FN3O4. The largest absolute Gasteiger partial charge is 0.439 e. The number of hydrogen-bond donors (Lipinski definition) is 0. The number of carbonyl (C=O) groups is 1. The van der Waals surface area contributed by atoms with Gasteiger partial charge in [0, 0.05) is 23.3 Å². The summed E-state index contributed by atoms with van der Waals surface area (Å²) in [4.78, 5) is 26.2. The molecule has 3 rings (SSSR count). The Balaban J connectivity index is 1.78. The number of carbonyl (C=O) groups excluding carboxylic acids is 1. The fourth-order valence-electron chi connectivity index (χ4n) is 2.28. The molecule has 0 fully saturated rings. The number of halogens is 1. The summed E-state index contributed by atoms with van der Waals surface area (Å²) in [6.45, 7) is 0. The van der Waals surface area contributed by atoms with Crippen molar-refractivity contribution in [2.75, 3.05) is 0 Å². The fourth-order valence-corrected chi connectivity index (χ4v) is 2.28. The molecule has 0 atom stereocenters. The Labute approximate surface area is 152 Å². The normalized spacial score (nSPS) is 10.1. The monoisotopic (exact) mass is 363 g/mol. The number of hydrogen-bond acceptors (Lipinski definition) is 6. The van der Waals surface area contributed by atoms with E-state index in [2.05, 4.69) is 4.98 Å². The first-order chi connectivity index (χ1) is 13.0. The summed E-state index contributed by atoms with van der Waals surface area (Å²) >= 11 is 0. The summed E-state index contributed by atoms with van der Waals surface area (Å²) in [6, 6.07) is 15.3. The van der Waals surface area contributed by atoms with Crippen LogP contribution in [-0.2, 0) is 0 Å². The Hall–Kier alpha value is -4.12. The second kappa shape index (κ2) is 7.41. The van der Waals surface area contributed by atoms with E-state index in [0.29, 0.717) is 16.9 Å². The minimum Gasteiger partial charge on any atom is -0.439 e. The number of nitriles is 1. The standard InChI is InChI=1S/C19H10FN3O4/c20-14-5-1-12(2-6-14)19(24)13-3-7-15(8-4-13)27-18-10-9-17(23(25)26)16(11-21)22-18/h1-10H. The van der Waals surface area contributed by atoms with Crippen molar-refractivity contribution in [3.8, 4) is 17.7 Å². The van der Waals surface area contributed by atoms with E-state index in [1.54, 1.807) is 6.07 Å². The average Bonchev–Trinajstić information content (AvgIpc) is 2.68. The number of nitrogens with zero attached hydrogens (tertiary/aromatic N) is 3. The molecule has 132 valence electrons. The maximum Gasteiger partial charge on any atom is 0.305 e. The number of aromatic nitrogens is 1. The van der Waals surface area contributed by atoms with Crippen molar-refractivity contribution in [1.82, 2.24) is 4.98 Å². The summed E-state index contributed by atoms with van der Waals surface area (Å²) in [7, 11) is 0. The lowest BCUT2D eigenvalue weighted by molar-refractivity contribution is -0.385. The number of nitro groups is 1. The second-order valence-corrected chi connectivity index (χ2v) is 5.35. The molecule has 0 radical (unpaired) electrons. The Morgan fingerprint density at radius 1 is 1.04 bits per heavy atom. The average molecular weight is 363 g/mol. The van der Waals surface area contributed by atoms with Gasteiger partial charge in [0.1, 0.15) is 17.6 Å². The van der Waals surface area contributed by atoms with E-state index in [0.717, 1.165) is 6.07 Å². The molecule has 0 aliphatic rings. The van der Waals surface area contributed by atoms with Gasteiger partial charge in [-0.2, -0.15) is 10.2 Å². The summed E-state index contributed by atoms with van der Waals surface area (Å²) in [6.07, 6.45) is 0. The van der Waals surface area contributed by atoms with Crippen LogP contribution in [0.3, 0.4) is 0 Å². The smallest absolute Gasteiger partial charge is 0.305 e. The van der Waals surface area contributed by atoms with Crippen LogP contribution in [0.25, 0.3) is 0 Å². The molecule has 0 unspecified atom stereocenters. The number of benzene rings is 2. The first kappa shape index (κ1) is 17.7. The molecule has 1 aromatic heterocycles. The highest BCUT2D eigenvalue weighted by Gasteiger charge is 2.16. The van der Waals surface area contributed by atoms with Crippen LogP contribution in [0.4, 0.5) is 10.1 Å². The first-order valence-electron chi connectivity index (χ1n) is 7.61. The molecule has 3 aromatic rings.